The zero-order valence-electron chi connectivity index (χ0n) is 12.8. The van der Waals surface area contributed by atoms with Crippen molar-refractivity contribution in [1.29, 1.82) is 0 Å². The average Bonchev–Trinajstić information content (AvgIpc) is 3.11. The number of furan rings is 1. The van der Waals surface area contributed by atoms with E-state index in [1.54, 1.807) is 0 Å². The van der Waals surface area contributed by atoms with Gasteiger partial charge in [-0.2, -0.15) is 0 Å². The fourth-order valence-electron chi connectivity index (χ4n) is 3.00. The summed E-state index contributed by atoms with van der Waals surface area (Å²) in [6.07, 6.45) is 3.25. The van der Waals surface area contributed by atoms with Crippen molar-refractivity contribution in [2.75, 3.05) is 13.1 Å². The molecule has 1 aromatic heterocycles. The van der Waals surface area contributed by atoms with Crippen LogP contribution in [0.25, 0.3) is 0 Å². The quantitative estimate of drug-likeness (QED) is 0.898. The third-order valence-electron chi connectivity index (χ3n) is 4.07. The fourth-order valence-corrected chi connectivity index (χ4v) is 3.00. The van der Waals surface area contributed by atoms with Crippen LogP contribution in [-0.2, 0) is 17.8 Å². The standard InChI is InChI=1S/C16H26N2O2/c1-11-6-15(20-16(11)7-17-14-4-5-14)10-18-8-12(2)19-13(3)9-18/h6,12-14,17H,4-5,7-10H2,1-3H3/t12-,13+. The van der Waals surface area contributed by atoms with E-state index in [9.17, 15) is 0 Å². The molecule has 1 aromatic rings. The van der Waals surface area contributed by atoms with E-state index >= 15 is 0 Å². The molecule has 1 saturated heterocycles. The first-order valence-electron chi connectivity index (χ1n) is 7.79. The van der Waals surface area contributed by atoms with E-state index in [0.29, 0.717) is 12.2 Å². The molecule has 1 saturated carbocycles. The minimum atomic E-state index is 0.311. The Labute approximate surface area is 121 Å². The van der Waals surface area contributed by atoms with Crippen molar-refractivity contribution in [2.24, 2.45) is 0 Å². The molecule has 0 spiro atoms. The first-order valence-corrected chi connectivity index (χ1v) is 7.79. The third-order valence-corrected chi connectivity index (χ3v) is 4.07. The van der Waals surface area contributed by atoms with Crippen LogP contribution in [0.5, 0.6) is 0 Å². The Kier molecular flexibility index (Phi) is 4.15. The number of aryl methyl sites for hydroxylation is 1. The van der Waals surface area contributed by atoms with Crippen molar-refractivity contribution >= 4 is 0 Å². The van der Waals surface area contributed by atoms with E-state index in [1.165, 1.54) is 18.4 Å². The van der Waals surface area contributed by atoms with Crippen LogP contribution in [0.2, 0.25) is 0 Å². The highest BCUT2D eigenvalue weighted by atomic mass is 16.5. The van der Waals surface area contributed by atoms with Gasteiger partial charge in [-0.25, -0.2) is 0 Å². The van der Waals surface area contributed by atoms with Crippen LogP contribution in [0.1, 0.15) is 43.8 Å². The molecular weight excluding hydrogens is 252 g/mol. The molecule has 0 amide bonds. The SMILES string of the molecule is Cc1cc(CN2C[C@@H](C)O[C@@H](C)C2)oc1CNC1CC1. The smallest absolute Gasteiger partial charge is 0.120 e. The molecule has 2 atom stereocenters. The molecule has 2 aliphatic rings. The van der Waals surface area contributed by atoms with Crippen molar-refractivity contribution in [2.45, 2.75) is 65.0 Å². The summed E-state index contributed by atoms with van der Waals surface area (Å²) in [7, 11) is 0. The van der Waals surface area contributed by atoms with Gasteiger partial charge in [-0.1, -0.05) is 0 Å². The summed E-state index contributed by atoms with van der Waals surface area (Å²) in [5, 5.41) is 3.52. The highest BCUT2D eigenvalue weighted by Gasteiger charge is 2.24. The predicted octanol–water partition coefficient (Wildman–Crippen LogP) is 2.45. The van der Waals surface area contributed by atoms with E-state index in [-0.39, 0.29) is 0 Å². The highest BCUT2D eigenvalue weighted by Crippen LogP contribution is 2.22. The molecule has 0 unspecified atom stereocenters. The van der Waals surface area contributed by atoms with Crippen LogP contribution < -0.4 is 5.32 Å². The second-order valence-corrected chi connectivity index (χ2v) is 6.43. The minimum absolute atomic E-state index is 0.311. The zero-order valence-corrected chi connectivity index (χ0v) is 12.8. The Morgan fingerprint density at radius 2 is 1.95 bits per heavy atom. The molecule has 2 heterocycles. The minimum Gasteiger partial charge on any atom is -0.463 e. The number of ether oxygens (including phenoxy) is 1. The van der Waals surface area contributed by atoms with Crippen LogP contribution in [0.3, 0.4) is 0 Å². The van der Waals surface area contributed by atoms with Crippen molar-refractivity contribution in [3.05, 3.63) is 23.2 Å². The van der Waals surface area contributed by atoms with Crippen LogP contribution in [0.4, 0.5) is 0 Å². The Bertz CT molecular complexity index is 443. The van der Waals surface area contributed by atoms with Gasteiger partial charge in [0.15, 0.2) is 0 Å². The molecule has 0 radical (unpaired) electrons. The van der Waals surface area contributed by atoms with Gasteiger partial charge in [0.05, 0.1) is 25.3 Å². The summed E-state index contributed by atoms with van der Waals surface area (Å²) in [4.78, 5) is 2.43. The van der Waals surface area contributed by atoms with Gasteiger partial charge in [0.1, 0.15) is 11.5 Å². The van der Waals surface area contributed by atoms with Crippen molar-refractivity contribution in [3.8, 4) is 0 Å². The van der Waals surface area contributed by atoms with Crippen molar-refractivity contribution < 1.29 is 9.15 Å². The molecule has 2 fully saturated rings. The summed E-state index contributed by atoms with van der Waals surface area (Å²) >= 11 is 0. The Balaban J connectivity index is 1.57. The number of rotatable bonds is 5. The Hall–Kier alpha value is -0.840. The lowest BCUT2D eigenvalue weighted by Crippen LogP contribution is -2.44. The topological polar surface area (TPSA) is 37.6 Å². The Morgan fingerprint density at radius 3 is 2.60 bits per heavy atom. The third kappa shape index (κ3) is 3.62. The largest absolute Gasteiger partial charge is 0.463 e. The number of hydrogen-bond donors (Lipinski definition) is 1. The highest BCUT2D eigenvalue weighted by molar-refractivity contribution is 5.20. The molecule has 0 bridgehead atoms. The molecule has 1 aliphatic heterocycles. The van der Waals surface area contributed by atoms with E-state index in [4.69, 9.17) is 9.15 Å². The summed E-state index contributed by atoms with van der Waals surface area (Å²) in [6, 6.07) is 2.92. The van der Waals surface area contributed by atoms with Gasteiger partial charge in [0, 0.05) is 19.1 Å². The van der Waals surface area contributed by atoms with Gasteiger partial charge >= 0.3 is 0 Å². The second kappa shape index (κ2) is 5.88. The number of nitrogens with one attached hydrogen (secondary N) is 1. The lowest BCUT2D eigenvalue weighted by atomic mass is 10.2. The molecule has 4 nitrogen and oxygen atoms in total. The molecule has 1 aliphatic carbocycles. The van der Waals surface area contributed by atoms with Gasteiger partial charge in [-0.15, -0.1) is 0 Å². The summed E-state index contributed by atoms with van der Waals surface area (Å²) in [5.41, 5.74) is 1.27. The average molecular weight is 278 g/mol. The van der Waals surface area contributed by atoms with Crippen molar-refractivity contribution in [1.82, 2.24) is 10.2 Å². The van der Waals surface area contributed by atoms with Gasteiger partial charge in [0.25, 0.3) is 0 Å². The molecule has 4 heteroatoms. The van der Waals surface area contributed by atoms with Gasteiger partial charge < -0.3 is 14.5 Å². The second-order valence-electron chi connectivity index (χ2n) is 6.43. The zero-order chi connectivity index (χ0) is 14.1. The first-order chi connectivity index (χ1) is 9.60. The molecule has 20 heavy (non-hydrogen) atoms. The van der Waals surface area contributed by atoms with E-state index in [2.05, 4.69) is 37.1 Å². The van der Waals surface area contributed by atoms with Crippen LogP contribution in [-0.4, -0.2) is 36.2 Å². The molecule has 1 N–H and O–H groups in total. The van der Waals surface area contributed by atoms with Gasteiger partial charge in [-0.3, -0.25) is 4.90 Å². The summed E-state index contributed by atoms with van der Waals surface area (Å²) < 4.78 is 11.8. The molecular formula is C16H26N2O2. The Morgan fingerprint density at radius 1 is 1.25 bits per heavy atom. The lowest BCUT2D eigenvalue weighted by Gasteiger charge is -2.34. The van der Waals surface area contributed by atoms with E-state index < -0.39 is 0 Å². The lowest BCUT2D eigenvalue weighted by molar-refractivity contribution is -0.0718. The maximum atomic E-state index is 6.02. The molecule has 3 rings (SSSR count). The van der Waals surface area contributed by atoms with Gasteiger partial charge in [-0.05, 0) is 45.2 Å². The first kappa shape index (κ1) is 14.1. The van der Waals surface area contributed by atoms with Gasteiger partial charge in [0.2, 0.25) is 0 Å². The maximum absolute atomic E-state index is 6.02. The number of nitrogens with zero attached hydrogens (tertiary/aromatic N) is 1. The summed E-state index contributed by atoms with van der Waals surface area (Å²) in [6.45, 7) is 10.2. The fraction of sp³-hybridized carbons (Fsp3) is 0.750. The molecule has 0 aromatic carbocycles. The van der Waals surface area contributed by atoms with E-state index in [1.807, 2.05) is 0 Å². The summed E-state index contributed by atoms with van der Waals surface area (Å²) in [5.74, 6) is 2.18. The van der Waals surface area contributed by atoms with Crippen LogP contribution in [0.15, 0.2) is 10.5 Å². The van der Waals surface area contributed by atoms with Crippen LogP contribution >= 0.6 is 0 Å². The van der Waals surface area contributed by atoms with E-state index in [0.717, 1.165) is 43.7 Å². The number of hydrogen-bond acceptors (Lipinski definition) is 4. The monoisotopic (exact) mass is 278 g/mol. The van der Waals surface area contributed by atoms with Crippen LogP contribution in [0, 0.1) is 6.92 Å². The predicted molar refractivity (Wildman–Crippen MR) is 78.6 cm³/mol. The number of morpholine rings is 1. The molecule has 112 valence electrons. The van der Waals surface area contributed by atoms with Crippen molar-refractivity contribution in [3.63, 3.8) is 0 Å². The maximum Gasteiger partial charge on any atom is 0.120 e. The normalized spacial score (nSPS) is 27.9.